The maximum atomic E-state index is 11.2. The van der Waals surface area contributed by atoms with Gasteiger partial charge in [0.15, 0.2) is 5.78 Å². The van der Waals surface area contributed by atoms with Crippen molar-refractivity contribution >= 4 is 17.1 Å². The molecule has 1 aromatic carbocycles. The zero-order valence-electron chi connectivity index (χ0n) is 11.3. The predicted octanol–water partition coefficient (Wildman–Crippen LogP) is 4.92. The lowest BCUT2D eigenvalue weighted by Gasteiger charge is -2.15. The Balaban J connectivity index is 2.32. The summed E-state index contributed by atoms with van der Waals surface area (Å²) in [5.74, 6) is 0.114. The van der Waals surface area contributed by atoms with E-state index in [0.717, 1.165) is 5.56 Å². The number of carbonyl (C=O) groups excluding carboxylic acids is 1. The van der Waals surface area contributed by atoms with Crippen LogP contribution in [0.15, 0.2) is 36.4 Å². The van der Waals surface area contributed by atoms with Gasteiger partial charge < -0.3 is 0 Å². The first-order valence-corrected chi connectivity index (χ1v) is 6.91. The zero-order valence-corrected chi connectivity index (χ0v) is 12.1. The van der Waals surface area contributed by atoms with E-state index in [9.17, 15) is 4.79 Å². The van der Waals surface area contributed by atoms with E-state index in [4.69, 9.17) is 0 Å². The van der Waals surface area contributed by atoms with Crippen LogP contribution < -0.4 is 0 Å². The van der Waals surface area contributed by atoms with Gasteiger partial charge in [-0.2, -0.15) is 0 Å². The fourth-order valence-corrected chi connectivity index (χ4v) is 2.83. The highest BCUT2D eigenvalue weighted by molar-refractivity contribution is 7.15. The van der Waals surface area contributed by atoms with E-state index in [0.29, 0.717) is 0 Å². The molecular formula is C16H18OS. The molecule has 0 bridgehead atoms. The molecule has 94 valence electrons. The van der Waals surface area contributed by atoms with E-state index < -0.39 is 0 Å². The van der Waals surface area contributed by atoms with Crippen molar-refractivity contribution in [3.63, 3.8) is 0 Å². The minimum absolute atomic E-state index is 0.114. The highest BCUT2D eigenvalue weighted by Crippen LogP contribution is 2.34. The Hall–Kier alpha value is -1.41. The average Bonchev–Trinajstić information content (AvgIpc) is 2.78. The summed E-state index contributed by atoms with van der Waals surface area (Å²) in [7, 11) is 0. The van der Waals surface area contributed by atoms with Gasteiger partial charge in [-0.1, -0.05) is 45.0 Å². The Morgan fingerprint density at radius 1 is 1.00 bits per heavy atom. The van der Waals surface area contributed by atoms with Gasteiger partial charge in [0.05, 0.1) is 0 Å². The van der Waals surface area contributed by atoms with Crippen LogP contribution in [0.5, 0.6) is 0 Å². The van der Waals surface area contributed by atoms with Gasteiger partial charge in [0.25, 0.3) is 0 Å². The lowest BCUT2D eigenvalue weighted by Crippen LogP contribution is -2.07. The summed E-state index contributed by atoms with van der Waals surface area (Å²) in [6.45, 7) is 8.27. The quantitative estimate of drug-likeness (QED) is 0.699. The molecule has 0 unspecified atom stereocenters. The van der Waals surface area contributed by atoms with Gasteiger partial charge in [0.1, 0.15) is 0 Å². The molecule has 2 rings (SSSR count). The smallest absolute Gasteiger partial charge is 0.159 e. The van der Waals surface area contributed by atoms with Gasteiger partial charge in [-0.05, 0) is 30.0 Å². The molecule has 18 heavy (non-hydrogen) atoms. The van der Waals surface area contributed by atoms with E-state index in [1.807, 2.05) is 35.6 Å². The van der Waals surface area contributed by atoms with Gasteiger partial charge >= 0.3 is 0 Å². The van der Waals surface area contributed by atoms with Gasteiger partial charge in [-0.25, -0.2) is 0 Å². The maximum absolute atomic E-state index is 11.2. The molecule has 1 heterocycles. The van der Waals surface area contributed by atoms with E-state index >= 15 is 0 Å². The van der Waals surface area contributed by atoms with Crippen molar-refractivity contribution in [1.82, 2.24) is 0 Å². The van der Waals surface area contributed by atoms with Crippen LogP contribution in [0.25, 0.3) is 10.4 Å². The molecule has 0 aliphatic carbocycles. The van der Waals surface area contributed by atoms with Gasteiger partial charge in [-0.3, -0.25) is 4.79 Å². The first-order chi connectivity index (χ1) is 8.38. The van der Waals surface area contributed by atoms with E-state index in [1.54, 1.807) is 6.92 Å². The molecule has 0 saturated heterocycles. The van der Waals surface area contributed by atoms with Crippen LogP contribution in [0.2, 0.25) is 0 Å². The van der Waals surface area contributed by atoms with Crippen LogP contribution in [0.1, 0.15) is 42.9 Å². The third-order valence-electron chi connectivity index (χ3n) is 2.92. The number of hydrogen-bond donors (Lipinski definition) is 0. The second-order valence-electron chi connectivity index (χ2n) is 5.55. The highest BCUT2D eigenvalue weighted by Gasteiger charge is 2.16. The largest absolute Gasteiger partial charge is 0.295 e. The Morgan fingerprint density at radius 3 is 2.06 bits per heavy atom. The summed E-state index contributed by atoms with van der Waals surface area (Å²) >= 11 is 1.82. The zero-order chi connectivity index (χ0) is 13.3. The normalized spacial score (nSPS) is 11.6. The molecule has 0 saturated carbocycles. The van der Waals surface area contributed by atoms with Crippen molar-refractivity contribution in [2.75, 3.05) is 0 Å². The van der Waals surface area contributed by atoms with Crippen molar-refractivity contribution in [3.8, 4) is 10.4 Å². The average molecular weight is 258 g/mol. The lowest BCUT2D eigenvalue weighted by molar-refractivity contribution is 0.101. The molecule has 1 aromatic heterocycles. The van der Waals surface area contributed by atoms with Crippen LogP contribution in [-0.4, -0.2) is 5.78 Å². The van der Waals surface area contributed by atoms with Crippen molar-refractivity contribution in [2.45, 2.75) is 33.1 Å². The molecule has 0 aliphatic heterocycles. The molecule has 2 heteroatoms. The molecule has 0 radical (unpaired) electrons. The Labute approximate surface area is 112 Å². The van der Waals surface area contributed by atoms with Crippen molar-refractivity contribution in [1.29, 1.82) is 0 Å². The fourth-order valence-electron chi connectivity index (χ4n) is 1.77. The Kier molecular flexibility index (Phi) is 3.40. The van der Waals surface area contributed by atoms with Crippen molar-refractivity contribution in [2.24, 2.45) is 0 Å². The van der Waals surface area contributed by atoms with Gasteiger partial charge in [0, 0.05) is 15.3 Å². The second-order valence-corrected chi connectivity index (χ2v) is 6.63. The number of Topliss-reactive ketones (excluding diaryl/α,β-unsaturated/α-hetero) is 1. The van der Waals surface area contributed by atoms with Crippen LogP contribution in [0.4, 0.5) is 0 Å². The summed E-state index contributed by atoms with van der Waals surface area (Å²) in [6, 6.07) is 12.2. The molecule has 0 fully saturated rings. The third kappa shape index (κ3) is 2.70. The molecular weight excluding hydrogens is 240 g/mol. The van der Waals surface area contributed by atoms with Gasteiger partial charge in [-0.15, -0.1) is 11.3 Å². The lowest BCUT2D eigenvalue weighted by atomic mass is 9.95. The molecule has 2 aromatic rings. The molecule has 0 N–H and O–H groups in total. The SMILES string of the molecule is CC(=O)c1ccc(-c2ccc(C(C)(C)C)s2)cc1. The first kappa shape index (κ1) is 13.0. The van der Waals surface area contributed by atoms with E-state index in [2.05, 4.69) is 32.9 Å². The first-order valence-electron chi connectivity index (χ1n) is 6.09. The van der Waals surface area contributed by atoms with E-state index in [-0.39, 0.29) is 11.2 Å². The number of ketones is 1. The third-order valence-corrected chi connectivity index (χ3v) is 4.48. The second kappa shape index (κ2) is 4.69. The number of hydrogen-bond acceptors (Lipinski definition) is 2. The van der Waals surface area contributed by atoms with E-state index in [1.165, 1.54) is 15.3 Å². The molecule has 0 spiro atoms. The molecule has 0 amide bonds. The van der Waals surface area contributed by atoms with Crippen LogP contribution in [0.3, 0.4) is 0 Å². The summed E-state index contributed by atoms with van der Waals surface area (Å²) in [5, 5.41) is 0. The standard InChI is InChI=1S/C16H18OS/c1-11(17)12-5-7-13(8-6-12)14-9-10-15(18-14)16(2,3)4/h5-10H,1-4H3. The van der Waals surface area contributed by atoms with Crippen LogP contribution in [0, 0.1) is 0 Å². The topological polar surface area (TPSA) is 17.1 Å². The summed E-state index contributed by atoms with van der Waals surface area (Å²) in [4.78, 5) is 13.9. The van der Waals surface area contributed by atoms with Crippen LogP contribution in [-0.2, 0) is 5.41 Å². The number of carbonyl (C=O) groups is 1. The molecule has 0 aliphatic rings. The maximum Gasteiger partial charge on any atom is 0.159 e. The number of benzene rings is 1. The molecule has 0 atom stereocenters. The van der Waals surface area contributed by atoms with Gasteiger partial charge in [0.2, 0.25) is 0 Å². The summed E-state index contributed by atoms with van der Waals surface area (Å²) in [5.41, 5.74) is 2.15. The number of rotatable bonds is 2. The fraction of sp³-hybridized carbons (Fsp3) is 0.312. The predicted molar refractivity (Wildman–Crippen MR) is 78.5 cm³/mol. The Morgan fingerprint density at radius 2 is 1.61 bits per heavy atom. The Bertz CT molecular complexity index is 556. The summed E-state index contributed by atoms with van der Waals surface area (Å²) in [6.07, 6.45) is 0. The minimum Gasteiger partial charge on any atom is -0.295 e. The molecule has 1 nitrogen and oxygen atoms in total. The highest BCUT2D eigenvalue weighted by atomic mass is 32.1. The van der Waals surface area contributed by atoms with Crippen molar-refractivity contribution < 1.29 is 4.79 Å². The monoisotopic (exact) mass is 258 g/mol. The number of thiophene rings is 1. The summed E-state index contributed by atoms with van der Waals surface area (Å²) < 4.78 is 0. The van der Waals surface area contributed by atoms with Crippen molar-refractivity contribution in [3.05, 3.63) is 46.8 Å². The van der Waals surface area contributed by atoms with Crippen LogP contribution >= 0.6 is 11.3 Å². The minimum atomic E-state index is 0.114.